The quantitative estimate of drug-likeness (QED) is 0.296. The van der Waals surface area contributed by atoms with Crippen LogP contribution in [0.1, 0.15) is 23.6 Å². The molecule has 1 amide bonds. The topological polar surface area (TPSA) is 93.9 Å². The van der Waals surface area contributed by atoms with E-state index in [9.17, 15) is 14.7 Å². The van der Waals surface area contributed by atoms with Crippen LogP contribution in [0.25, 0.3) is 5.76 Å². The third kappa shape index (κ3) is 4.49. The predicted molar refractivity (Wildman–Crippen MR) is 127 cm³/mol. The molecule has 1 fully saturated rings. The molecule has 9 heteroatoms. The summed E-state index contributed by atoms with van der Waals surface area (Å²) >= 11 is 5.98. The van der Waals surface area contributed by atoms with Gasteiger partial charge in [0.15, 0.2) is 11.5 Å². The van der Waals surface area contributed by atoms with Crippen LogP contribution in [-0.4, -0.2) is 52.0 Å². The molecule has 1 aliphatic heterocycles. The molecule has 3 aromatic rings. The minimum absolute atomic E-state index is 0.0159. The van der Waals surface area contributed by atoms with E-state index in [4.69, 9.17) is 21.1 Å². The normalized spacial score (nSPS) is 17.3. The molecule has 1 saturated heterocycles. The van der Waals surface area contributed by atoms with Crippen LogP contribution in [0.2, 0.25) is 5.02 Å². The van der Waals surface area contributed by atoms with Crippen molar-refractivity contribution < 1.29 is 24.2 Å². The van der Waals surface area contributed by atoms with Crippen molar-refractivity contribution in [3.05, 3.63) is 82.9 Å². The maximum atomic E-state index is 13.1. The van der Waals surface area contributed by atoms with E-state index >= 15 is 0 Å². The van der Waals surface area contributed by atoms with Gasteiger partial charge in [-0.15, -0.1) is 0 Å². The Hall–Kier alpha value is -3.78. The van der Waals surface area contributed by atoms with E-state index in [1.165, 1.54) is 19.1 Å². The number of halogens is 1. The molecule has 1 aliphatic rings. The van der Waals surface area contributed by atoms with Crippen molar-refractivity contribution in [2.24, 2.45) is 0 Å². The van der Waals surface area contributed by atoms with E-state index in [0.717, 1.165) is 0 Å². The number of hydrogen-bond donors (Lipinski definition) is 1. The van der Waals surface area contributed by atoms with Crippen LogP contribution in [0.15, 0.2) is 66.8 Å². The minimum atomic E-state index is -0.793. The highest BCUT2D eigenvalue weighted by molar-refractivity contribution is 6.46. The van der Waals surface area contributed by atoms with Crippen LogP contribution in [0.3, 0.4) is 0 Å². The number of aromatic nitrogens is 2. The molecule has 0 radical (unpaired) electrons. The number of ketones is 1. The molecule has 0 aliphatic carbocycles. The van der Waals surface area contributed by atoms with Crippen LogP contribution < -0.4 is 9.47 Å². The summed E-state index contributed by atoms with van der Waals surface area (Å²) < 4.78 is 12.7. The summed E-state index contributed by atoms with van der Waals surface area (Å²) in [7, 11) is 3.04. The molecule has 0 spiro atoms. The maximum absolute atomic E-state index is 13.1. The molecule has 0 saturated carbocycles. The van der Waals surface area contributed by atoms with E-state index in [2.05, 4.69) is 4.98 Å². The number of hydrogen-bond acceptors (Lipinski definition) is 6. The monoisotopic (exact) mass is 481 g/mol. The molecular weight excluding hydrogens is 458 g/mol. The SMILES string of the molecule is COc1ccc(C2/C(=C(/O)c3ccc(Cl)cc3)C(=O)C(=O)N2CCCn2ccnc2)cc1OC. The maximum Gasteiger partial charge on any atom is 0.295 e. The number of amides is 1. The van der Waals surface area contributed by atoms with Gasteiger partial charge in [0.1, 0.15) is 5.76 Å². The van der Waals surface area contributed by atoms with Crippen LogP contribution >= 0.6 is 11.6 Å². The first-order valence-corrected chi connectivity index (χ1v) is 11.0. The molecule has 1 unspecified atom stereocenters. The first kappa shape index (κ1) is 23.4. The summed E-state index contributed by atoms with van der Waals surface area (Å²) in [6.45, 7) is 0.929. The first-order valence-electron chi connectivity index (χ1n) is 10.7. The van der Waals surface area contributed by atoms with Crippen molar-refractivity contribution in [3.8, 4) is 11.5 Å². The fraction of sp³-hybridized carbons (Fsp3) is 0.240. The molecule has 2 heterocycles. The lowest BCUT2D eigenvalue weighted by molar-refractivity contribution is -0.139. The summed E-state index contributed by atoms with van der Waals surface area (Å²) in [5, 5.41) is 11.6. The molecule has 4 rings (SSSR count). The Morgan fingerprint density at radius 3 is 2.44 bits per heavy atom. The fourth-order valence-electron chi connectivity index (χ4n) is 4.09. The predicted octanol–water partition coefficient (Wildman–Crippen LogP) is 4.07. The number of methoxy groups -OCH3 is 2. The lowest BCUT2D eigenvalue weighted by atomic mass is 9.95. The van der Waals surface area contributed by atoms with Crippen molar-refractivity contribution in [2.75, 3.05) is 20.8 Å². The fourth-order valence-corrected chi connectivity index (χ4v) is 4.21. The highest BCUT2D eigenvalue weighted by Gasteiger charge is 2.46. The molecule has 34 heavy (non-hydrogen) atoms. The van der Waals surface area contributed by atoms with Gasteiger partial charge < -0.3 is 24.0 Å². The Balaban J connectivity index is 1.77. The lowest BCUT2D eigenvalue weighted by Gasteiger charge is -2.26. The zero-order chi connectivity index (χ0) is 24.2. The average molecular weight is 482 g/mol. The summed E-state index contributed by atoms with van der Waals surface area (Å²) in [5.74, 6) is -0.695. The van der Waals surface area contributed by atoms with E-state index in [1.807, 2.05) is 10.8 Å². The number of carbonyl (C=O) groups is 2. The van der Waals surface area contributed by atoms with Crippen molar-refractivity contribution >= 4 is 29.1 Å². The number of aryl methyl sites for hydroxylation is 1. The van der Waals surface area contributed by atoms with Gasteiger partial charge in [-0.1, -0.05) is 17.7 Å². The van der Waals surface area contributed by atoms with Gasteiger partial charge >= 0.3 is 0 Å². The van der Waals surface area contributed by atoms with Gasteiger partial charge in [-0.25, -0.2) is 4.98 Å². The number of likely N-dealkylation sites (tertiary alicyclic amines) is 1. The number of aliphatic hydroxyl groups excluding tert-OH is 1. The zero-order valence-corrected chi connectivity index (χ0v) is 19.5. The zero-order valence-electron chi connectivity index (χ0n) is 18.8. The molecule has 1 N–H and O–H groups in total. The van der Waals surface area contributed by atoms with Crippen molar-refractivity contribution in [3.63, 3.8) is 0 Å². The van der Waals surface area contributed by atoms with E-state index < -0.39 is 17.7 Å². The van der Waals surface area contributed by atoms with Crippen LogP contribution in [0, 0.1) is 0 Å². The Morgan fingerprint density at radius 2 is 1.79 bits per heavy atom. The van der Waals surface area contributed by atoms with Crippen molar-refractivity contribution in [1.82, 2.24) is 14.5 Å². The summed E-state index contributed by atoms with van der Waals surface area (Å²) in [6.07, 6.45) is 5.80. The summed E-state index contributed by atoms with van der Waals surface area (Å²) in [4.78, 5) is 31.8. The molecule has 0 bridgehead atoms. The second kappa shape index (κ2) is 10.0. The van der Waals surface area contributed by atoms with Gasteiger partial charge in [0.2, 0.25) is 0 Å². The average Bonchev–Trinajstić information content (AvgIpc) is 3.46. The van der Waals surface area contributed by atoms with Gasteiger partial charge in [-0.2, -0.15) is 0 Å². The number of carbonyl (C=O) groups excluding carboxylic acids is 2. The van der Waals surface area contributed by atoms with Crippen LogP contribution in [-0.2, 0) is 16.1 Å². The molecule has 1 aromatic heterocycles. The summed E-state index contributed by atoms with van der Waals surface area (Å²) in [6, 6.07) is 10.8. The van der Waals surface area contributed by atoms with Crippen molar-refractivity contribution in [2.45, 2.75) is 19.0 Å². The Bertz CT molecular complexity index is 1220. The third-order valence-corrected chi connectivity index (χ3v) is 6.01. The van der Waals surface area contributed by atoms with Crippen molar-refractivity contribution in [1.29, 1.82) is 0 Å². The smallest absolute Gasteiger partial charge is 0.295 e. The second-order valence-electron chi connectivity index (χ2n) is 7.77. The van der Waals surface area contributed by atoms with Crippen LogP contribution in [0.4, 0.5) is 0 Å². The Labute approximate surface area is 202 Å². The number of nitrogens with zero attached hydrogens (tertiary/aromatic N) is 3. The number of aliphatic hydroxyl groups is 1. The second-order valence-corrected chi connectivity index (χ2v) is 8.20. The van der Waals surface area contributed by atoms with E-state index in [1.54, 1.807) is 55.0 Å². The molecule has 8 nitrogen and oxygen atoms in total. The Morgan fingerprint density at radius 1 is 1.06 bits per heavy atom. The third-order valence-electron chi connectivity index (χ3n) is 5.76. The number of rotatable bonds is 8. The lowest BCUT2D eigenvalue weighted by Crippen LogP contribution is -2.31. The molecule has 176 valence electrons. The minimum Gasteiger partial charge on any atom is -0.507 e. The van der Waals surface area contributed by atoms with Gasteiger partial charge in [-0.3, -0.25) is 9.59 Å². The number of ether oxygens (including phenoxy) is 2. The number of imidazole rings is 1. The van der Waals surface area contributed by atoms with E-state index in [-0.39, 0.29) is 11.3 Å². The highest BCUT2D eigenvalue weighted by Crippen LogP contribution is 2.42. The first-order chi connectivity index (χ1) is 16.4. The van der Waals surface area contributed by atoms with Gasteiger partial charge in [0.25, 0.3) is 11.7 Å². The van der Waals surface area contributed by atoms with E-state index in [0.29, 0.717) is 47.2 Å². The highest BCUT2D eigenvalue weighted by atomic mass is 35.5. The largest absolute Gasteiger partial charge is 0.507 e. The summed E-state index contributed by atoms with van der Waals surface area (Å²) in [5.41, 5.74) is 1.03. The van der Waals surface area contributed by atoms with Crippen LogP contribution in [0.5, 0.6) is 11.5 Å². The van der Waals surface area contributed by atoms with Gasteiger partial charge in [0, 0.05) is 36.1 Å². The number of benzene rings is 2. The Kier molecular flexibility index (Phi) is 6.88. The van der Waals surface area contributed by atoms with Gasteiger partial charge in [0.05, 0.1) is 32.2 Å². The molecule has 1 atom stereocenters. The van der Waals surface area contributed by atoms with Gasteiger partial charge in [-0.05, 0) is 48.4 Å². The number of Topliss-reactive ketones (excluding diaryl/α,β-unsaturated/α-hetero) is 1. The standard InChI is InChI=1S/C25H24ClN3O5/c1-33-19-9-6-17(14-20(19)34-2)22-21(23(30)16-4-7-18(26)8-5-16)24(31)25(32)29(22)12-3-11-28-13-10-27-15-28/h4-10,13-15,22,30H,3,11-12H2,1-2H3/b23-21-. The molecule has 2 aromatic carbocycles. The molecular formula is C25H24ClN3O5.